The predicted molar refractivity (Wildman–Crippen MR) is 84.9 cm³/mol. The van der Waals surface area contributed by atoms with E-state index in [1.54, 1.807) is 7.11 Å². The Kier molecular flexibility index (Phi) is 5.83. The van der Waals surface area contributed by atoms with E-state index in [2.05, 4.69) is 15.5 Å². The number of amides is 1. The molecule has 2 aromatic rings. The number of benzene rings is 1. The lowest BCUT2D eigenvalue weighted by Crippen LogP contribution is -2.33. The molecule has 2 rings (SSSR count). The maximum Gasteiger partial charge on any atom is 0.277 e. The fourth-order valence-electron chi connectivity index (χ4n) is 1.66. The van der Waals surface area contributed by atoms with Gasteiger partial charge in [-0.2, -0.15) is 0 Å². The van der Waals surface area contributed by atoms with Crippen LogP contribution in [0.1, 0.15) is 20.3 Å². The second-order valence-corrected chi connectivity index (χ2v) is 5.69. The third-order valence-electron chi connectivity index (χ3n) is 3.09. The lowest BCUT2D eigenvalue weighted by atomic mass is 10.2. The first-order chi connectivity index (χ1) is 10.6. The summed E-state index contributed by atoms with van der Waals surface area (Å²) < 4.78 is 10.6. The van der Waals surface area contributed by atoms with E-state index in [0.717, 1.165) is 17.7 Å². The summed E-state index contributed by atoms with van der Waals surface area (Å²) in [6.45, 7) is 3.99. The number of carbonyl (C=O) groups is 1. The highest BCUT2D eigenvalue weighted by atomic mass is 32.2. The van der Waals surface area contributed by atoms with Gasteiger partial charge in [0.1, 0.15) is 5.75 Å². The van der Waals surface area contributed by atoms with Gasteiger partial charge < -0.3 is 14.5 Å². The number of rotatable bonds is 7. The van der Waals surface area contributed by atoms with Gasteiger partial charge in [-0.15, -0.1) is 10.2 Å². The van der Waals surface area contributed by atoms with Gasteiger partial charge >= 0.3 is 0 Å². The summed E-state index contributed by atoms with van der Waals surface area (Å²) in [6.07, 6.45) is 0.901. The topological polar surface area (TPSA) is 77.2 Å². The van der Waals surface area contributed by atoms with Crippen LogP contribution in [-0.2, 0) is 4.79 Å². The number of carbonyl (C=O) groups excluding carboxylic acids is 1. The molecule has 0 fully saturated rings. The largest absolute Gasteiger partial charge is 0.497 e. The molecule has 1 aromatic heterocycles. The van der Waals surface area contributed by atoms with E-state index < -0.39 is 0 Å². The van der Waals surface area contributed by atoms with Crippen molar-refractivity contribution in [1.29, 1.82) is 0 Å². The number of hydrogen-bond donors (Lipinski definition) is 1. The van der Waals surface area contributed by atoms with Crippen molar-refractivity contribution in [3.63, 3.8) is 0 Å². The molecule has 0 spiro atoms. The van der Waals surface area contributed by atoms with Crippen molar-refractivity contribution in [2.24, 2.45) is 0 Å². The molecule has 1 aromatic carbocycles. The molecule has 0 aliphatic heterocycles. The first-order valence-electron chi connectivity index (χ1n) is 7.02. The fourth-order valence-corrected chi connectivity index (χ4v) is 2.24. The number of nitrogens with zero attached hydrogens (tertiary/aromatic N) is 2. The first-order valence-corrected chi connectivity index (χ1v) is 8.01. The van der Waals surface area contributed by atoms with E-state index in [4.69, 9.17) is 9.15 Å². The second kappa shape index (κ2) is 7.84. The summed E-state index contributed by atoms with van der Waals surface area (Å²) in [5.74, 6) is 1.41. The molecule has 1 unspecified atom stereocenters. The van der Waals surface area contributed by atoms with Crippen LogP contribution in [0.5, 0.6) is 5.75 Å². The maximum absolute atomic E-state index is 11.7. The van der Waals surface area contributed by atoms with Gasteiger partial charge in [-0.25, -0.2) is 0 Å². The van der Waals surface area contributed by atoms with Crippen molar-refractivity contribution in [2.75, 3.05) is 12.9 Å². The molecule has 7 heteroatoms. The van der Waals surface area contributed by atoms with Gasteiger partial charge in [0, 0.05) is 11.6 Å². The highest BCUT2D eigenvalue weighted by Crippen LogP contribution is 2.24. The Bertz CT molecular complexity index is 613. The zero-order valence-electron chi connectivity index (χ0n) is 12.8. The molecule has 0 aliphatic rings. The molecule has 0 bridgehead atoms. The molecule has 22 heavy (non-hydrogen) atoms. The van der Waals surface area contributed by atoms with Gasteiger partial charge in [0.15, 0.2) is 0 Å². The Labute approximate surface area is 133 Å². The Morgan fingerprint density at radius 1 is 1.36 bits per heavy atom. The molecule has 1 atom stereocenters. The average molecular weight is 321 g/mol. The van der Waals surface area contributed by atoms with Crippen molar-refractivity contribution in [1.82, 2.24) is 15.5 Å². The number of hydrogen-bond acceptors (Lipinski definition) is 6. The molecule has 6 nitrogen and oxygen atoms in total. The van der Waals surface area contributed by atoms with Crippen LogP contribution in [-0.4, -0.2) is 35.0 Å². The second-order valence-electron chi connectivity index (χ2n) is 4.77. The smallest absolute Gasteiger partial charge is 0.277 e. The van der Waals surface area contributed by atoms with Crippen LogP contribution in [0, 0.1) is 0 Å². The van der Waals surface area contributed by atoms with Gasteiger partial charge in [0.05, 0.1) is 12.9 Å². The van der Waals surface area contributed by atoms with Crippen molar-refractivity contribution in [3.8, 4) is 17.2 Å². The van der Waals surface area contributed by atoms with Gasteiger partial charge in [0.2, 0.25) is 11.8 Å². The van der Waals surface area contributed by atoms with Gasteiger partial charge in [0.25, 0.3) is 5.22 Å². The van der Waals surface area contributed by atoms with Gasteiger partial charge in [-0.3, -0.25) is 4.79 Å². The van der Waals surface area contributed by atoms with Crippen LogP contribution in [0.25, 0.3) is 11.5 Å². The van der Waals surface area contributed by atoms with Crippen molar-refractivity contribution < 1.29 is 13.9 Å². The summed E-state index contributed by atoms with van der Waals surface area (Å²) in [4.78, 5) is 11.7. The zero-order valence-corrected chi connectivity index (χ0v) is 13.6. The predicted octanol–water partition coefficient (Wildman–Crippen LogP) is 2.75. The molecule has 0 radical (unpaired) electrons. The van der Waals surface area contributed by atoms with E-state index in [-0.39, 0.29) is 17.7 Å². The third kappa shape index (κ3) is 4.49. The van der Waals surface area contributed by atoms with E-state index in [1.165, 1.54) is 11.8 Å². The van der Waals surface area contributed by atoms with E-state index in [9.17, 15) is 4.79 Å². The highest BCUT2D eigenvalue weighted by molar-refractivity contribution is 7.99. The normalized spacial score (nSPS) is 12.0. The number of nitrogens with one attached hydrogen (secondary N) is 1. The monoisotopic (exact) mass is 321 g/mol. The summed E-state index contributed by atoms with van der Waals surface area (Å²) in [7, 11) is 1.61. The Balaban J connectivity index is 1.92. The summed E-state index contributed by atoms with van der Waals surface area (Å²) >= 11 is 1.23. The Morgan fingerprint density at radius 2 is 2.09 bits per heavy atom. The standard InChI is InChI=1S/C15H19N3O3S/c1-4-10(2)16-13(19)9-22-15-18-17-14(21-15)11-5-7-12(20-3)8-6-11/h5-8,10H,4,9H2,1-3H3,(H,16,19). The molecule has 0 saturated carbocycles. The molecule has 0 saturated heterocycles. The van der Waals surface area contributed by atoms with Crippen LogP contribution in [0.15, 0.2) is 33.9 Å². The van der Waals surface area contributed by atoms with Crippen LogP contribution >= 0.6 is 11.8 Å². The molecule has 118 valence electrons. The zero-order chi connectivity index (χ0) is 15.9. The molecule has 1 heterocycles. The minimum absolute atomic E-state index is 0.0384. The minimum atomic E-state index is -0.0384. The lowest BCUT2D eigenvalue weighted by molar-refractivity contribution is -0.119. The average Bonchev–Trinajstić information content (AvgIpc) is 3.02. The summed E-state index contributed by atoms with van der Waals surface area (Å²) in [6, 6.07) is 7.51. The Hall–Kier alpha value is -2.02. The minimum Gasteiger partial charge on any atom is -0.497 e. The van der Waals surface area contributed by atoms with Crippen molar-refractivity contribution in [2.45, 2.75) is 31.5 Å². The summed E-state index contributed by atoms with van der Waals surface area (Å²) in [5, 5.41) is 11.2. The van der Waals surface area contributed by atoms with Crippen LogP contribution < -0.4 is 10.1 Å². The fraction of sp³-hybridized carbons (Fsp3) is 0.400. The Morgan fingerprint density at radius 3 is 2.73 bits per heavy atom. The summed E-state index contributed by atoms with van der Waals surface area (Å²) in [5.41, 5.74) is 0.809. The number of thioether (sulfide) groups is 1. The number of ether oxygens (including phenoxy) is 1. The highest BCUT2D eigenvalue weighted by Gasteiger charge is 2.12. The first kappa shape index (κ1) is 16.4. The number of methoxy groups -OCH3 is 1. The van der Waals surface area contributed by atoms with E-state index in [1.807, 2.05) is 38.1 Å². The molecule has 1 N–H and O–H groups in total. The number of aromatic nitrogens is 2. The molecule has 1 amide bonds. The van der Waals surface area contributed by atoms with Crippen LogP contribution in [0.2, 0.25) is 0 Å². The van der Waals surface area contributed by atoms with Crippen molar-refractivity contribution >= 4 is 17.7 Å². The van der Waals surface area contributed by atoms with Crippen LogP contribution in [0.3, 0.4) is 0 Å². The van der Waals surface area contributed by atoms with Gasteiger partial charge in [-0.1, -0.05) is 18.7 Å². The quantitative estimate of drug-likeness (QED) is 0.790. The van der Waals surface area contributed by atoms with E-state index in [0.29, 0.717) is 11.1 Å². The van der Waals surface area contributed by atoms with Crippen LogP contribution in [0.4, 0.5) is 0 Å². The molecular weight excluding hydrogens is 302 g/mol. The van der Waals surface area contributed by atoms with Crippen molar-refractivity contribution in [3.05, 3.63) is 24.3 Å². The third-order valence-corrected chi connectivity index (χ3v) is 3.91. The molecule has 0 aliphatic carbocycles. The van der Waals surface area contributed by atoms with E-state index >= 15 is 0 Å². The van der Waals surface area contributed by atoms with Gasteiger partial charge in [-0.05, 0) is 37.6 Å². The maximum atomic E-state index is 11.7. The molecular formula is C15H19N3O3S. The SMILES string of the molecule is CCC(C)NC(=O)CSc1nnc(-c2ccc(OC)cc2)o1. The lowest BCUT2D eigenvalue weighted by Gasteiger charge is -2.09.